The Hall–Kier alpha value is -1.35. The minimum absolute atomic E-state index is 0.249. The molecule has 0 unspecified atom stereocenters. The van der Waals surface area contributed by atoms with Crippen molar-refractivity contribution in [2.45, 2.75) is 12.6 Å². The zero-order chi connectivity index (χ0) is 15.6. The first-order chi connectivity index (χ1) is 9.30. The molecule has 118 valence electrons. The first-order valence-corrected chi connectivity index (χ1v) is 5.91. The van der Waals surface area contributed by atoms with Crippen LogP contribution in [0.15, 0.2) is 0 Å². The van der Waals surface area contributed by atoms with Crippen LogP contribution in [0.5, 0.6) is 0 Å². The number of rotatable bonds is 9. The van der Waals surface area contributed by atoms with Crippen LogP contribution in [0.4, 0.5) is 13.2 Å². The van der Waals surface area contributed by atoms with Crippen molar-refractivity contribution >= 4 is 11.9 Å². The van der Waals surface area contributed by atoms with Gasteiger partial charge in [0.05, 0.1) is 26.7 Å². The Morgan fingerprint density at radius 3 is 2.40 bits per heavy atom. The van der Waals surface area contributed by atoms with Gasteiger partial charge in [-0.15, -0.1) is 0 Å². The van der Waals surface area contributed by atoms with Crippen LogP contribution in [0.1, 0.15) is 6.42 Å². The first kappa shape index (κ1) is 18.7. The van der Waals surface area contributed by atoms with Gasteiger partial charge in [-0.1, -0.05) is 0 Å². The third kappa shape index (κ3) is 9.56. The molecule has 0 saturated heterocycles. The fourth-order valence-electron chi connectivity index (χ4n) is 1.32. The highest BCUT2D eigenvalue weighted by Gasteiger charge is 2.32. The molecule has 6 nitrogen and oxygen atoms in total. The van der Waals surface area contributed by atoms with Crippen molar-refractivity contribution < 1.29 is 32.2 Å². The number of methoxy groups -OCH3 is 2. The standard InChI is InChI=1S/C11H19F3N2O4/c1-19-6-4-15-7-9(17)16(8-11(12,13)14)5-3-10(18)20-2/h15H,3-8H2,1-2H3. The molecule has 0 aliphatic carbocycles. The average Bonchev–Trinajstić information content (AvgIpc) is 2.37. The second kappa shape index (κ2) is 9.54. The van der Waals surface area contributed by atoms with Gasteiger partial charge in [0.25, 0.3) is 0 Å². The van der Waals surface area contributed by atoms with E-state index in [-0.39, 0.29) is 19.5 Å². The largest absolute Gasteiger partial charge is 0.469 e. The normalized spacial score (nSPS) is 11.2. The van der Waals surface area contributed by atoms with Gasteiger partial charge in [-0.25, -0.2) is 0 Å². The maximum absolute atomic E-state index is 12.4. The maximum atomic E-state index is 12.4. The topological polar surface area (TPSA) is 67.9 Å². The summed E-state index contributed by atoms with van der Waals surface area (Å²) in [7, 11) is 2.60. The number of amides is 1. The van der Waals surface area contributed by atoms with E-state index in [9.17, 15) is 22.8 Å². The van der Waals surface area contributed by atoms with Crippen molar-refractivity contribution in [1.29, 1.82) is 0 Å². The van der Waals surface area contributed by atoms with Gasteiger partial charge in [0, 0.05) is 20.2 Å². The number of ether oxygens (including phenoxy) is 2. The fourth-order valence-corrected chi connectivity index (χ4v) is 1.32. The Morgan fingerprint density at radius 1 is 1.25 bits per heavy atom. The van der Waals surface area contributed by atoms with Gasteiger partial charge in [-0.05, 0) is 0 Å². The van der Waals surface area contributed by atoms with Crippen LogP contribution >= 0.6 is 0 Å². The lowest BCUT2D eigenvalue weighted by Gasteiger charge is -2.23. The van der Waals surface area contributed by atoms with Gasteiger partial charge in [-0.3, -0.25) is 9.59 Å². The highest BCUT2D eigenvalue weighted by atomic mass is 19.4. The molecule has 20 heavy (non-hydrogen) atoms. The van der Waals surface area contributed by atoms with Crippen molar-refractivity contribution in [3.8, 4) is 0 Å². The highest BCUT2D eigenvalue weighted by Crippen LogP contribution is 2.16. The number of halogens is 3. The molecule has 0 aromatic carbocycles. The zero-order valence-electron chi connectivity index (χ0n) is 11.5. The van der Waals surface area contributed by atoms with Crippen molar-refractivity contribution in [3.05, 3.63) is 0 Å². The number of hydrogen-bond donors (Lipinski definition) is 1. The van der Waals surface area contributed by atoms with E-state index < -0.39 is 24.6 Å². The summed E-state index contributed by atoms with van der Waals surface area (Å²) in [4.78, 5) is 23.2. The molecule has 0 aromatic heterocycles. The summed E-state index contributed by atoms with van der Waals surface area (Å²) in [6.07, 6.45) is -4.80. The molecule has 0 bridgehead atoms. The Morgan fingerprint density at radius 2 is 1.90 bits per heavy atom. The molecule has 0 aromatic rings. The number of nitrogens with one attached hydrogen (secondary N) is 1. The molecular formula is C11H19F3N2O4. The number of carbonyl (C=O) groups is 2. The third-order valence-electron chi connectivity index (χ3n) is 2.30. The molecule has 0 spiro atoms. The number of nitrogens with zero attached hydrogens (tertiary/aromatic N) is 1. The molecule has 0 rings (SSSR count). The lowest BCUT2D eigenvalue weighted by atomic mass is 10.3. The number of carbonyl (C=O) groups excluding carboxylic acids is 2. The van der Waals surface area contributed by atoms with Crippen LogP contribution in [0, 0.1) is 0 Å². The van der Waals surface area contributed by atoms with Crippen LogP contribution in [0.2, 0.25) is 0 Å². The molecule has 0 aliphatic rings. The van der Waals surface area contributed by atoms with E-state index in [4.69, 9.17) is 4.74 Å². The quantitative estimate of drug-likeness (QED) is 0.486. The Kier molecular flexibility index (Phi) is 8.89. The average molecular weight is 300 g/mol. The predicted molar refractivity (Wildman–Crippen MR) is 64.0 cm³/mol. The molecule has 0 saturated carbocycles. The lowest BCUT2D eigenvalue weighted by Crippen LogP contribution is -2.44. The minimum Gasteiger partial charge on any atom is -0.469 e. The van der Waals surface area contributed by atoms with Gasteiger partial charge in [-0.2, -0.15) is 13.2 Å². The van der Waals surface area contributed by atoms with E-state index >= 15 is 0 Å². The van der Waals surface area contributed by atoms with Crippen molar-refractivity contribution in [1.82, 2.24) is 10.2 Å². The number of esters is 1. The van der Waals surface area contributed by atoms with Gasteiger partial charge in [0.2, 0.25) is 5.91 Å². The van der Waals surface area contributed by atoms with E-state index in [1.807, 2.05) is 0 Å². The molecule has 0 fully saturated rings. The second-order valence-electron chi connectivity index (χ2n) is 3.93. The zero-order valence-corrected chi connectivity index (χ0v) is 11.5. The summed E-state index contributed by atoms with van der Waals surface area (Å²) < 4.78 is 46.2. The molecule has 0 atom stereocenters. The first-order valence-electron chi connectivity index (χ1n) is 5.91. The second-order valence-corrected chi connectivity index (χ2v) is 3.93. The van der Waals surface area contributed by atoms with Crippen LogP contribution in [-0.2, 0) is 19.1 Å². The van der Waals surface area contributed by atoms with Gasteiger partial charge >= 0.3 is 12.1 Å². The summed E-state index contributed by atoms with van der Waals surface area (Å²) in [5, 5.41) is 2.65. The predicted octanol–water partition coefficient (Wildman–Crippen LogP) is 0.176. The smallest absolute Gasteiger partial charge is 0.406 e. The molecular weight excluding hydrogens is 281 g/mol. The van der Waals surface area contributed by atoms with E-state index in [0.717, 1.165) is 7.11 Å². The van der Waals surface area contributed by atoms with E-state index in [1.165, 1.54) is 7.11 Å². The minimum atomic E-state index is -4.52. The van der Waals surface area contributed by atoms with Crippen molar-refractivity contribution in [3.63, 3.8) is 0 Å². The van der Waals surface area contributed by atoms with Gasteiger partial charge < -0.3 is 19.7 Å². The Labute approximate surface area is 115 Å². The monoisotopic (exact) mass is 300 g/mol. The SMILES string of the molecule is COCCNCC(=O)N(CCC(=O)OC)CC(F)(F)F. The van der Waals surface area contributed by atoms with Crippen molar-refractivity contribution in [2.75, 3.05) is 47.0 Å². The van der Waals surface area contributed by atoms with E-state index in [2.05, 4.69) is 10.1 Å². The van der Waals surface area contributed by atoms with Crippen LogP contribution in [0.3, 0.4) is 0 Å². The Balaban J connectivity index is 4.34. The van der Waals surface area contributed by atoms with Crippen LogP contribution in [-0.4, -0.2) is 70.0 Å². The number of alkyl halides is 3. The summed E-state index contributed by atoms with van der Waals surface area (Å²) >= 11 is 0. The fraction of sp³-hybridized carbons (Fsp3) is 0.818. The van der Waals surface area contributed by atoms with Gasteiger partial charge in [0.1, 0.15) is 6.54 Å². The van der Waals surface area contributed by atoms with E-state index in [1.54, 1.807) is 0 Å². The molecule has 0 heterocycles. The molecule has 1 amide bonds. The summed E-state index contributed by atoms with van der Waals surface area (Å²) in [6.45, 7) is -1.29. The highest BCUT2D eigenvalue weighted by molar-refractivity contribution is 5.79. The summed E-state index contributed by atoms with van der Waals surface area (Å²) in [5.41, 5.74) is 0. The summed E-state index contributed by atoms with van der Waals surface area (Å²) in [5.74, 6) is -1.40. The van der Waals surface area contributed by atoms with Crippen LogP contribution in [0.25, 0.3) is 0 Å². The summed E-state index contributed by atoms with van der Waals surface area (Å²) in [6, 6.07) is 0. The molecule has 9 heteroatoms. The maximum Gasteiger partial charge on any atom is 0.406 e. The number of hydrogen-bond acceptors (Lipinski definition) is 5. The Bertz CT molecular complexity index is 311. The van der Waals surface area contributed by atoms with E-state index in [0.29, 0.717) is 18.1 Å². The van der Waals surface area contributed by atoms with Crippen molar-refractivity contribution in [2.24, 2.45) is 0 Å². The van der Waals surface area contributed by atoms with Crippen LogP contribution < -0.4 is 5.32 Å². The van der Waals surface area contributed by atoms with Gasteiger partial charge in [0.15, 0.2) is 0 Å². The molecule has 0 radical (unpaired) electrons. The molecule has 1 N–H and O–H groups in total. The lowest BCUT2D eigenvalue weighted by molar-refractivity contribution is -0.162. The third-order valence-corrected chi connectivity index (χ3v) is 2.30. The molecule has 0 aliphatic heterocycles.